The highest BCUT2D eigenvalue weighted by molar-refractivity contribution is 5.96. The van der Waals surface area contributed by atoms with Crippen LogP contribution in [0.1, 0.15) is 15.9 Å². The van der Waals surface area contributed by atoms with Crippen LogP contribution in [0.4, 0.5) is 0 Å². The molecule has 0 bridgehead atoms. The lowest BCUT2D eigenvalue weighted by Crippen LogP contribution is -2.05. The van der Waals surface area contributed by atoms with Gasteiger partial charge in [0.05, 0.1) is 26.4 Å². The molecule has 0 aromatic heterocycles. The van der Waals surface area contributed by atoms with E-state index in [9.17, 15) is 15.0 Å². The van der Waals surface area contributed by atoms with Gasteiger partial charge in [0.25, 0.3) is 0 Å². The van der Waals surface area contributed by atoms with Crippen molar-refractivity contribution in [2.24, 2.45) is 0 Å². The number of carbonyl (C=O) groups is 1. The van der Waals surface area contributed by atoms with Gasteiger partial charge in [-0.2, -0.15) is 0 Å². The van der Waals surface area contributed by atoms with Crippen molar-refractivity contribution < 1.29 is 24.5 Å². The van der Waals surface area contributed by atoms with Crippen LogP contribution < -0.4 is 9.47 Å². The fraction of sp³-hybridized carbons (Fsp3) is 0.136. The fourth-order valence-electron chi connectivity index (χ4n) is 3.11. The van der Waals surface area contributed by atoms with Crippen LogP contribution in [0.5, 0.6) is 11.5 Å². The molecule has 3 aromatic rings. The molecule has 0 aliphatic rings. The SMILES string of the molecule is COc1ccc(-c2ccc(C(=O)O)c(CO)c2-c2ccc(OC)cc2)cc1. The van der Waals surface area contributed by atoms with Gasteiger partial charge in [-0.05, 0) is 52.6 Å². The molecule has 0 unspecified atom stereocenters. The van der Waals surface area contributed by atoms with Crippen LogP contribution in [-0.4, -0.2) is 30.4 Å². The predicted molar refractivity (Wildman–Crippen MR) is 103 cm³/mol. The largest absolute Gasteiger partial charge is 0.497 e. The first-order chi connectivity index (χ1) is 13.1. The van der Waals surface area contributed by atoms with Gasteiger partial charge in [-0.15, -0.1) is 0 Å². The molecule has 5 nitrogen and oxygen atoms in total. The third kappa shape index (κ3) is 3.64. The highest BCUT2D eigenvalue weighted by atomic mass is 16.5. The summed E-state index contributed by atoms with van der Waals surface area (Å²) in [4.78, 5) is 11.6. The molecule has 2 N–H and O–H groups in total. The number of methoxy groups -OCH3 is 2. The van der Waals surface area contributed by atoms with E-state index in [1.807, 2.05) is 48.5 Å². The average molecular weight is 364 g/mol. The minimum Gasteiger partial charge on any atom is -0.497 e. The minimum absolute atomic E-state index is 0.0839. The molecule has 0 saturated heterocycles. The molecule has 27 heavy (non-hydrogen) atoms. The molecule has 138 valence electrons. The molecule has 0 amide bonds. The lowest BCUT2D eigenvalue weighted by Gasteiger charge is -2.17. The molecular weight excluding hydrogens is 344 g/mol. The molecule has 0 fully saturated rings. The van der Waals surface area contributed by atoms with Crippen molar-refractivity contribution in [3.05, 3.63) is 71.8 Å². The van der Waals surface area contributed by atoms with Gasteiger partial charge in [-0.1, -0.05) is 30.3 Å². The minimum atomic E-state index is -1.07. The van der Waals surface area contributed by atoms with Crippen LogP contribution in [0.15, 0.2) is 60.7 Å². The Morgan fingerprint density at radius 3 is 1.78 bits per heavy atom. The Labute approximate surface area is 157 Å². The zero-order valence-electron chi connectivity index (χ0n) is 15.1. The summed E-state index contributed by atoms with van der Waals surface area (Å²) in [5.41, 5.74) is 3.67. The lowest BCUT2D eigenvalue weighted by atomic mass is 9.88. The van der Waals surface area contributed by atoms with E-state index in [0.717, 1.165) is 22.4 Å². The second kappa shape index (κ2) is 7.93. The van der Waals surface area contributed by atoms with Crippen molar-refractivity contribution in [3.8, 4) is 33.8 Å². The molecule has 0 atom stereocenters. The van der Waals surface area contributed by atoms with Crippen molar-refractivity contribution >= 4 is 5.97 Å². The number of aliphatic hydroxyl groups excluding tert-OH is 1. The van der Waals surface area contributed by atoms with Crippen LogP contribution in [0, 0.1) is 0 Å². The van der Waals surface area contributed by atoms with Crippen LogP contribution in [-0.2, 0) is 6.61 Å². The average Bonchev–Trinajstić information content (AvgIpc) is 2.72. The van der Waals surface area contributed by atoms with E-state index in [4.69, 9.17) is 9.47 Å². The zero-order chi connectivity index (χ0) is 19.4. The second-order valence-corrected chi connectivity index (χ2v) is 5.93. The number of carboxylic acids is 1. The van der Waals surface area contributed by atoms with Gasteiger partial charge >= 0.3 is 5.97 Å². The number of aliphatic hydroxyl groups is 1. The number of ether oxygens (including phenoxy) is 2. The quantitative estimate of drug-likeness (QED) is 0.685. The molecule has 0 spiro atoms. The topological polar surface area (TPSA) is 76.0 Å². The maximum Gasteiger partial charge on any atom is 0.336 e. The van der Waals surface area contributed by atoms with Gasteiger partial charge in [-0.3, -0.25) is 0 Å². The summed E-state index contributed by atoms with van der Waals surface area (Å²) < 4.78 is 10.4. The molecule has 0 radical (unpaired) electrons. The Morgan fingerprint density at radius 1 is 0.815 bits per heavy atom. The maximum atomic E-state index is 11.6. The van der Waals surface area contributed by atoms with E-state index < -0.39 is 5.97 Å². The van der Waals surface area contributed by atoms with E-state index in [2.05, 4.69) is 0 Å². The first kappa shape index (κ1) is 18.5. The Kier molecular flexibility index (Phi) is 5.43. The molecule has 0 aliphatic heterocycles. The number of hydrogen-bond acceptors (Lipinski definition) is 4. The van der Waals surface area contributed by atoms with Crippen molar-refractivity contribution in [3.63, 3.8) is 0 Å². The van der Waals surface area contributed by atoms with Crippen molar-refractivity contribution in [1.82, 2.24) is 0 Å². The Morgan fingerprint density at radius 2 is 1.33 bits per heavy atom. The number of rotatable bonds is 6. The lowest BCUT2D eigenvalue weighted by molar-refractivity contribution is 0.0693. The monoisotopic (exact) mass is 364 g/mol. The van der Waals surface area contributed by atoms with Gasteiger partial charge in [0.15, 0.2) is 0 Å². The number of carboxylic acid groups (broad SMARTS) is 1. The van der Waals surface area contributed by atoms with Gasteiger partial charge < -0.3 is 19.7 Å². The standard InChI is InChI=1S/C22H20O5/c1-26-16-7-3-14(4-8-16)18-11-12-19(22(24)25)20(13-23)21(18)15-5-9-17(27-2)10-6-15/h3-12,23H,13H2,1-2H3,(H,24,25). The van der Waals surface area contributed by atoms with E-state index in [0.29, 0.717) is 16.9 Å². The van der Waals surface area contributed by atoms with Crippen LogP contribution in [0.25, 0.3) is 22.3 Å². The number of hydrogen-bond donors (Lipinski definition) is 2. The highest BCUT2D eigenvalue weighted by Gasteiger charge is 2.19. The molecule has 3 aromatic carbocycles. The smallest absolute Gasteiger partial charge is 0.336 e. The number of aromatic carboxylic acids is 1. The third-order valence-corrected chi connectivity index (χ3v) is 4.48. The summed E-state index contributed by atoms with van der Waals surface area (Å²) in [6.45, 7) is -0.382. The number of benzene rings is 3. The molecule has 3 rings (SSSR count). The van der Waals surface area contributed by atoms with Crippen molar-refractivity contribution in [1.29, 1.82) is 0 Å². The Balaban J connectivity index is 2.26. The van der Waals surface area contributed by atoms with E-state index in [-0.39, 0.29) is 12.2 Å². The molecule has 5 heteroatoms. The predicted octanol–water partition coefficient (Wildman–Crippen LogP) is 4.23. The normalized spacial score (nSPS) is 10.5. The highest BCUT2D eigenvalue weighted by Crippen LogP contribution is 2.38. The van der Waals surface area contributed by atoms with Crippen LogP contribution in [0.3, 0.4) is 0 Å². The van der Waals surface area contributed by atoms with E-state index in [1.165, 1.54) is 6.07 Å². The van der Waals surface area contributed by atoms with Gasteiger partial charge in [0.2, 0.25) is 0 Å². The first-order valence-corrected chi connectivity index (χ1v) is 8.38. The molecule has 0 saturated carbocycles. The summed E-state index contributed by atoms with van der Waals surface area (Å²) >= 11 is 0. The zero-order valence-corrected chi connectivity index (χ0v) is 15.1. The fourth-order valence-corrected chi connectivity index (χ4v) is 3.11. The first-order valence-electron chi connectivity index (χ1n) is 8.38. The van der Waals surface area contributed by atoms with Crippen molar-refractivity contribution in [2.75, 3.05) is 14.2 Å². The van der Waals surface area contributed by atoms with Crippen LogP contribution in [0.2, 0.25) is 0 Å². The van der Waals surface area contributed by atoms with Crippen LogP contribution >= 0.6 is 0 Å². The molecular formula is C22H20O5. The summed E-state index contributed by atoms with van der Waals surface area (Å²) in [7, 11) is 3.19. The molecule has 0 aliphatic carbocycles. The summed E-state index contributed by atoms with van der Waals surface area (Å²) in [5, 5.41) is 19.5. The Hall–Kier alpha value is -3.31. The van der Waals surface area contributed by atoms with Gasteiger partial charge in [-0.25, -0.2) is 4.79 Å². The summed E-state index contributed by atoms with van der Waals surface area (Å²) in [5.74, 6) is 0.356. The third-order valence-electron chi connectivity index (χ3n) is 4.48. The Bertz CT molecular complexity index is 944. The second-order valence-electron chi connectivity index (χ2n) is 5.93. The van der Waals surface area contributed by atoms with Gasteiger partial charge in [0, 0.05) is 5.56 Å². The van der Waals surface area contributed by atoms with Gasteiger partial charge in [0.1, 0.15) is 11.5 Å². The summed E-state index contributed by atoms with van der Waals surface area (Å²) in [6, 6.07) is 18.1. The van der Waals surface area contributed by atoms with Crippen molar-refractivity contribution in [2.45, 2.75) is 6.61 Å². The van der Waals surface area contributed by atoms with E-state index in [1.54, 1.807) is 20.3 Å². The maximum absolute atomic E-state index is 11.6. The molecule has 0 heterocycles. The van der Waals surface area contributed by atoms with E-state index >= 15 is 0 Å². The summed E-state index contributed by atoms with van der Waals surface area (Å²) in [6.07, 6.45) is 0.